The van der Waals surface area contributed by atoms with Crippen molar-refractivity contribution in [2.45, 2.75) is 0 Å². The van der Waals surface area contributed by atoms with E-state index in [0.717, 1.165) is 5.56 Å². The summed E-state index contributed by atoms with van der Waals surface area (Å²) in [6.45, 7) is 0. The largest absolute Gasteiger partial charge is 0.322 e. The molecule has 1 heterocycles. The maximum absolute atomic E-state index is 11.7. The van der Waals surface area contributed by atoms with Crippen LogP contribution in [0.1, 0.15) is 11.1 Å². The molecule has 0 saturated heterocycles. The van der Waals surface area contributed by atoms with E-state index in [4.69, 9.17) is 5.26 Å². The quantitative estimate of drug-likeness (QED) is 0.850. The summed E-state index contributed by atoms with van der Waals surface area (Å²) in [5.41, 5.74) is 2.07. The van der Waals surface area contributed by atoms with Crippen molar-refractivity contribution in [2.75, 3.05) is 5.32 Å². The van der Waals surface area contributed by atoms with E-state index in [9.17, 15) is 4.79 Å². The first kappa shape index (κ1) is 12.5. The van der Waals surface area contributed by atoms with Gasteiger partial charge in [0.05, 0.1) is 11.6 Å². The van der Waals surface area contributed by atoms with E-state index < -0.39 is 0 Å². The maximum Gasteiger partial charge on any atom is 0.248 e. The van der Waals surface area contributed by atoms with Crippen LogP contribution in [0.25, 0.3) is 6.08 Å². The van der Waals surface area contributed by atoms with E-state index in [1.165, 1.54) is 6.08 Å². The number of rotatable bonds is 3. The Morgan fingerprint density at radius 1 is 1.26 bits per heavy atom. The van der Waals surface area contributed by atoms with E-state index in [1.807, 2.05) is 6.07 Å². The van der Waals surface area contributed by atoms with Crippen molar-refractivity contribution in [1.82, 2.24) is 4.98 Å². The lowest BCUT2D eigenvalue weighted by Gasteiger charge is -2.00. The Kier molecular flexibility index (Phi) is 4.04. The monoisotopic (exact) mass is 249 g/mol. The number of nitrogens with one attached hydrogen (secondary N) is 1. The van der Waals surface area contributed by atoms with Gasteiger partial charge in [-0.25, -0.2) is 0 Å². The Morgan fingerprint density at radius 2 is 2.05 bits per heavy atom. The minimum absolute atomic E-state index is 0.228. The normalized spacial score (nSPS) is 10.1. The predicted octanol–water partition coefficient (Wildman–Crippen LogP) is 2.61. The molecule has 0 aliphatic rings. The number of nitrogens with zero attached hydrogens (tertiary/aromatic N) is 2. The Balaban J connectivity index is 2.02. The molecule has 0 aliphatic carbocycles. The van der Waals surface area contributed by atoms with E-state index in [-0.39, 0.29) is 5.91 Å². The molecule has 0 bridgehead atoms. The van der Waals surface area contributed by atoms with Gasteiger partial charge in [0.2, 0.25) is 5.91 Å². The minimum Gasteiger partial charge on any atom is -0.322 e. The van der Waals surface area contributed by atoms with Gasteiger partial charge in [-0.05, 0) is 35.9 Å². The highest BCUT2D eigenvalue weighted by atomic mass is 16.1. The molecule has 1 N–H and O–H groups in total. The van der Waals surface area contributed by atoms with E-state index in [2.05, 4.69) is 16.4 Å². The second kappa shape index (κ2) is 6.12. The van der Waals surface area contributed by atoms with Crippen LogP contribution < -0.4 is 5.32 Å². The van der Waals surface area contributed by atoms with Crippen LogP contribution in [-0.4, -0.2) is 10.9 Å². The summed E-state index contributed by atoms with van der Waals surface area (Å²) in [5, 5.41) is 11.5. The van der Waals surface area contributed by atoms with Gasteiger partial charge < -0.3 is 5.32 Å². The molecule has 92 valence electrons. The first-order valence-corrected chi connectivity index (χ1v) is 5.67. The molecule has 2 aromatic rings. The SMILES string of the molecule is N#Cc1cccc(/C=C/C(=O)Nc2ccncc2)c1. The molecule has 2 rings (SSSR count). The van der Waals surface area contributed by atoms with Gasteiger partial charge in [-0.15, -0.1) is 0 Å². The van der Waals surface area contributed by atoms with Crippen LogP contribution in [0.15, 0.2) is 54.9 Å². The Labute approximate surface area is 111 Å². The molecule has 1 amide bonds. The summed E-state index contributed by atoms with van der Waals surface area (Å²) in [4.78, 5) is 15.5. The molecule has 19 heavy (non-hydrogen) atoms. The highest BCUT2D eigenvalue weighted by Crippen LogP contribution is 2.07. The highest BCUT2D eigenvalue weighted by Gasteiger charge is 1.97. The van der Waals surface area contributed by atoms with Crippen LogP contribution in [0.5, 0.6) is 0 Å². The zero-order valence-electron chi connectivity index (χ0n) is 10.1. The number of amides is 1. The van der Waals surface area contributed by atoms with Crippen molar-refractivity contribution in [3.8, 4) is 6.07 Å². The second-order valence-electron chi connectivity index (χ2n) is 3.80. The highest BCUT2D eigenvalue weighted by molar-refractivity contribution is 6.01. The van der Waals surface area contributed by atoms with Crippen molar-refractivity contribution in [2.24, 2.45) is 0 Å². The molecule has 0 aliphatic heterocycles. The average molecular weight is 249 g/mol. The second-order valence-corrected chi connectivity index (χ2v) is 3.80. The van der Waals surface area contributed by atoms with E-state index >= 15 is 0 Å². The molecular weight excluding hydrogens is 238 g/mol. The third-order valence-corrected chi connectivity index (χ3v) is 2.39. The van der Waals surface area contributed by atoms with Gasteiger partial charge in [-0.2, -0.15) is 5.26 Å². The van der Waals surface area contributed by atoms with Gasteiger partial charge in [-0.1, -0.05) is 12.1 Å². The third-order valence-electron chi connectivity index (χ3n) is 2.39. The van der Waals surface area contributed by atoms with Gasteiger partial charge in [0.15, 0.2) is 0 Å². The van der Waals surface area contributed by atoms with Gasteiger partial charge in [0.25, 0.3) is 0 Å². The molecular formula is C15H11N3O. The number of hydrogen-bond donors (Lipinski definition) is 1. The summed E-state index contributed by atoms with van der Waals surface area (Å²) >= 11 is 0. The molecule has 0 atom stereocenters. The van der Waals surface area contributed by atoms with Gasteiger partial charge in [-0.3, -0.25) is 9.78 Å². The molecule has 0 saturated carbocycles. The number of anilines is 1. The van der Waals surface area contributed by atoms with Gasteiger partial charge in [0, 0.05) is 24.2 Å². The molecule has 0 unspecified atom stereocenters. The van der Waals surface area contributed by atoms with Gasteiger partial charge in [0.1, 0.15) is 0 Å². The summed E-state index contributed by atoms with van der Waals surface area (Å²) in [7, 11) is 0. The molecule has 1 aromatic heterocycles. The molecule has 4 nitrogen and oxygen atoms in total. The molecule has 4 heteroatoms. The van der Waals surface area contributed by atoms with Crippen molar-refractivity contribution in [1.29, 1.82) is 5.26 Å². The van der Waals surface area contributed by atoms with Crippen LogP contribution in [0.4, 0.5) is 5.69 Å². The Bertz CT molecular complexity index is 642. The molecule has 0 spiro atoms. The number of nitriles is 1. The predicted molar refractivity (Wildman–Crippen MR) is 73.1 cm³/mol. The van der Waals surface area contributed by atoms with Crippen molar-refractivity contribution in [3.05, 3.63) is 66.0 Å². The lowest BCUT2D eigenvalue weighted by atomic mass is 10.1. The third kappa shape index (κ3) is 3.79. The van der Waals surface area contributed by atoms with Crippen LogP contribution in [0, 0.1) is 11.3 Å². The zero-order valence-corrected chi connectivity index (χ0v) is 10.1. The fourth-order valence-electron chi connectivity index (χ4n) is 1.50. The molecule has 1 aromatic carbocycles. The number of carbonyl (C=O) groups is 1. The number of carbonyl (C=O) groups excluding carboxylic acids is 1. The standard InChI is InChI=1S/C15H11N3O/c16-11-13-3-1-2-12(10-13)4-5-15(19)18-14-6-8-17-9-7-14/h1-10H,(H,17,18,19)/b5-4+. The zero-order chi connectivity index (χ0) is 13.5. The topological polar surface area (TPSA) is 65.8 Å². The van der Waals surface area contributed by atoms with E-state index in [0.29, 0.717) is 11.3 Å². The van der Waals surface area contributed by atoms with Gasteiger partial charge >= 0.3 is 0 Å². The Morgan fingerprint density at radius 3 is 2.79 bits per heavy atom. The number of pyridine rings is 1. The first-order valence-electron chi connectivity index (χ1n) is 5.67. The number of benzene rings is 1. The smallest absolute Gasteiger partial charge is 0.248 e. The van der Waals surface area contributed by atoms with Crippen molar-refractivity contribution in [3.63, 3.8) is 0 Å². The fraction of sp³-hybridized carbons (Fsp3) is 0. The van der Waals surface area contributed by atoms with Crippen molar-refractivity contribution >= 4 is 17.7 Å². The lowest BCUT2D eigenvalue weighted by molar-refractivity contribution is -0.111. The number of aromatic nitrogens is 1. The number of hydrogen-bond acceptors (Lipinski definition) is 3. The van der Waals surface area contributed by atoms with Crippen LogP contribution >= 0.6 is 0 Å². The Hall–Kier alpha value is -2.93. The molecule has 0 radical (unpaired) electrons. The van der Waals surface area contributed by atoms with Crippen LogP contribution in [0.3, 0.4) is 0 Å². The summed E-state index contributed by atoms with van der Waals surface area (Å²) in [6.07, 6.45) is 6.31. The summed E-state index contributed by atoms with van der Waals surface area (Å²) in [5.74, 6) is -0.228. The lowest BCUT2D eigenvalue weighted by Crippen LogP contribution is -2.07. The first-order chi connectivity index (χ1) is 9.28. The minimum atomic E-state index is -0.228. The molecule has 0 fully saturated rings. The maximum atomic E-state index is 11.7. The summed E-state index contributed by atoms with van der Waals surface area (Å²) in [6, 6.07) is 12.5. The van der Waals surface area contributed by atoms with E-state index in [1.54, 1.807) is 48.8 Å². The van der Waals surface area contributed by atoms with Crippen molar-refractivity contribution < 1.29 is 4.79 Å². The average Bonchev–Trinajstić information content (AvgIpc) is 2.46. The fourth-order valence-corrected chi connectivity index (χ4v) is 1.50. The summed E-state index contributed by atoms with van der Waals surface area (Å²) < 4.78 is 0. The van der Waals surface area contributed by atoms with Crippen LogP contribution in [-0.2, 0) is 4.79 Å². The van der Waals surface area contributed by atoms with Crippen LogP contribution in [0.2, 0.25) is 0 Å².